The van der Waals surface area contributed by atoms with Crippen molar-refractivity contribution in [2.24, 2.45) is 11.3 Å². The minimum absolute atomic E-state index is 0.180. The number of amides is 1. The first-order valence-corrected chi connectivity index (χ1v) is 5.61. The molecule has 0 aromatic heterocycles. The number of likely N-dealkylation sites (tertiary alicyclic amines) is 1. The van der Waals surface area contributed by atoms with Gasteiger partial charge in [-0.1, -0.05) is 0 Å². The quantitative estimate of drug-likeness (QED) is 0.620. The summed E-state index contributed by atoms with van der Waals surface area (Å²) in [5.41, 5.74) is -0.180. The lowest BCUT2D eigenvalue weighted by atomic mass is 10.0. The minimum Gasteiger partial charge on any atom is -0.380 e. The second-order valence-electron chi connectivity index (χ2n) is 4.90. The van der Waals surface area contributed by atoms with E-state index in [4.69, 9.17) is 4.74 Å². The van der Waals surface area contributed by atoms with Crippen molar-refractivity contribution in [2.75, 3.05) is 26.3 Å². The zero-order chi connectivity index (χ0) is 10.5. The van der Waals surface area contributed by atoms with E-state index in [-0.39, 0.29) is 17.1 Å². The fourth-order valence-corrected chi connectivity index (χ4v) is 2.76. The molecule has 0 aromatic carbocycles. The van der Waals surface area contributed by atoms with Gasteiger partial charge in [-0.3, -0.25) is 9.59 Å². The lowest BCUT2D eigenvalue weighted by Crippen LogP contribution is -2.43. The molecule has 2 unspecified atom stereocenters. The van der Waals surface area contributed by atoms with E-state index in [2.05, 4.69) is 0 Å². The number of fused-ring (bicyclic) bond motifs is 1. The van der Waals surface area contributed by atoms with Crippen molar-refractivity contribution in [2.45, 2.75) is 19.3 Å². The largest absolute Gasteiger partial charge is 0.380 e. The van der Waals surface area contributed by atoms with Crippen molar-refractivity contribution in [3.8, 4) is 0 Å². The van der Waals surface area contributed by atoms with Crippen LogP contribution in [-0.2, 0) is 14.3 Å². The van der Waals surface area contributed by atoms with E-state index in [1.165, 1.54) is 0 Å². The van der Waals surface area contributed by atoms with Crippen LogP contribution in [0.3, 0.4) is 0 Å². The molecule has 3 fully saturated rings. The van der Waals surface area contributed by atoms with Gasteiger partial charge in [0.15, 0.2) is 0 Å². The maximum Gasteiger partial charge on any atom is 0.231 e. The Kier molecular flexibility index (Phi) is 1.89. The van der Waals surface area contributed by atoms with Crippen molar-refractivity contribution >= 4 is 11.7 Å². The molecular weight excluding hydrogens is 194 g/mol. The van der Waals surface area contributed by atoms with E-state index < -0.39 is 0 Å². The van der Waals surface area contributed by atoms with Gasteiger partial charge in [0.1, 0.15) is 5.78 Å². The van der Waals surface area contributed by atoms with Gasteiger partial charge in [-0.2, -0.15) is 0 Å². The molecule has 0 radical (unpaired) electrons. The highest BCUT2D eigenvalue weighted by Gasteiger charge is 2.64. The number of hydrogen-bond acceptors (Lipinski definition) is 3. The van der Waals surface area contributed by atoms with Crippen LogP contribution in [0.2, 0.25) is 0 Å². The maximum atomic E-state index is 12.2. The Hall–Kier alpha value is -0.900. The van der Waals surface area contributed by atoms with E-state index in [9.17, 15) is 9.59 Å². The number of nitrogens with zero attached hydrogens (tertiary/aromatic N) is 1. The first-order chi connectivity index (χ1) is 7.22. The number of carbonyl (C=O) groups is 2. The number of carbonyl (C=O) groups excluding carboxylic acids is 2. The van der Waals surface area contributed by atoms with Crippen molar-refractivity contribution in [1.82, 2.24) is 4.90 Å². The van der Waals surface area contributed by atoms with E-state index in [0.29, 0.717) is 38.5 Å². The van der Waals surface area contributed by atoms with Crippen molar-refractivity contribution < 1.29 is 14.3 Å². The Balaban J connectivity index is 1.68. The van der Waals surface area contributed by atoms with Crippen LogP contribution >= 0.6 is 0 Å². The first-order valence-electron chi connectivity index (χ1n) is 5.61. The van der Waals surface area contributed by atoms with Gasteiger partial charge in [0.05, 0.1) is 18.6 Å². The molecule has 82 valence electrons. The molecule has 4 heteroatoms. The molecule has 1 saturated carbocycles. The topological polar surface area (TPSA) is 46.6 Å². The molecule has 2 saturated heterocycles. The van der Waals surface area contributed by atoms with Crippen molar-refractivity contribution in [3.05, 3.63) is 0 Å². The van der Waals surface area contributed by atoms with Crippen molar-refractivity contribution in [1.29, 1.82) is 0 Å². The van der Waals surface area contributed by atoms with Crippen LogP contribution in [-0.4, -0.2) is 42.9 Å². The maximum absolute atomic E-state index is 12.2. The molecule has 2 atom stereocenters. The number of ketones is 1. The normalized spacial score (nSPS) is 39.1. The van der Waals surface area contributed by atoms with Gasteiger partial charge >= 0.3 is 0 Å². The average molecular weight is 209 g/mol. The van der Waals surface area contributed by atoms with E-state index in [1.807, 2.05) is 4.90 Å². The first kappa shape index (κ1) is 9.33. The van der Waals surface area contributed by atoms with Crippen LogP contribution in [0.25, 0.3) is 0 Å². The molecule has 1 aliphatic carbocycles. The summed E-state index contributed by atoms with van der Waals surface area (Å²) in [5.74, 6) is 0.978. The summed E-state index contributed by atoms with van der Waals surface area (Å²) in [4.78, 5) is 25.1. The summed E-state index contributed by atoms with van der Waals surface area (Å²) in [6.07, 6.45) is 2.07. The fourth-order valence-electron chi connectivity index (χ4n) is 2.76. The Bertz CT molecular complexity index is 318. The predicted molar refractivity (Wildman–Crippen MR) is 52.2 cm³/mol. The molecule has 4 nitrogen and oxygen atoms in total. The zero-order valence-electron chi connectivity index (χ0n) is 8.70. The molecule has 2 aliphatic heterocycles. The SMILES string of the molecule is O=C1CCN(C(=O)C23COCC2C3)CC1. The van der Waals surface area contributed by atoms with Crippen molar-refractivity contribution in [3.63, 3.8) is 0 Å². The number of rotatable bonds is 1. The van der Waals surface area contributed by atoms with Gasteiger partial charge in [-0.05, 0) is 6.42 Å². The smallest absolute Gasteiger partial charge is 0.231 e. The molecular formula is C11H15NO3. The molecule has 0 N–H and O–H groups in total. The molecule has 2 heterocycles. The number of ether oxygens (including phenoxy) is 1. The molecule has 15 heavy (non-hydrogen) atoms. The third kappa shape index (κ3) is 1.31. The molecule has 0 aromatic rings. The molecule has 1 amide bonds. The van der Waals surface area contributed by atoms with Gasteiger partial charge in [0, 0.05) is 31.8 Å². The monoisotopic (exact) mass is 209 g/mol. The van der Waals surface area contributed by atoms with Crippen LogP contribution in [0.4, 0.5) is 0 Å². The summed E-state index contributed by atoms with van der Waals surface area (Å²) in [5, 5.41) is 0. The van der Waals surface area contributed by atoms with Gasteiger partial charge in [-0.15, -0.1) is 0 Å². The van der Waals surface area contributed by atoms with Crippen LogP contribution in [0, 0.1) is 11.3 Å². The highest BCUT2D eigenvalue weighted by atomic mass is 16.5. The highest BCUT2D eigenvalue weighted by Crippen LogP contribution is 2.57. The third-order valence-electron chi connectivity index (χ3n) is 3.94. The highest BCUT2D eigenvalue weighted by molar-refractivity contribution is 5.89. The summed E-state index contributed by atoms with van der Waals surface area (Å²) in [7, 11) is 0. The van der Waals surface area contributed by atoms with Crippen LogP contribution in [0.1, 0.15) is 19.3 Å². The van der Waals surface area contributed by atoms with E-state index in [0.717, 1.165) is 13.0 Å². The summed E-state index contributed by atoms with van der Waals surface area (Å²) in [6.45, 7) is 2.58. The van der Waals surface area contributed by atoms with Gasteiger partial charge in [-0.25, -0.2) is 0 Å². The molecule has 3 aliphatic rings. The second kappa shape index (κ2) is 3.04. The number of piperidine rings is 1. The lowest BCUT2D eigenvalue weighted by Gasteiger charge is -2.29. The fraction of sp³-hybridized carbons (Fsp3) is 0.818. The summed E-state index contributed by atoms with van der Waals surface area (Å²) < 4.78 is 5.33. The standard InChI is InChI=1S/C11H15NO3/c13-9-1-3-12(4-2-9)10(14)11-5-8(11)6-15-7-11/h8H,1-7H2. The Morgan fingerprint density at radius 1 is 1.40 bits per heavy atom. The second-order valence-corrected chi connectivity index (χ2v) is 4.90. The van der Waals surface area contributed by atoms with E-state index in [1.54, 1.807) is 0 Å². The molecule has 3 rings (SSSR count). The van der Waals surface area contributed by atoms with Crippen LogP contribution in [0.5, 0.6) is 0 Å². The van der Waals surface area contributed by atoms with Crippen LogP contribution < -0.4 is 0 Å². The van der Waals surface area contributed by atoms with Gasteiger partial charge in [0.2, 0.25) is 5.91 Å². The van der Waals surface area contributed by atoms with Crippen LogP contribution in [0.15, 0.2) is 0 Å². The average Bonchev–Trinajstić information content (AvgIpc) is 2.82. The van der Waals surface area contributed by atoms with Gasteiger partial charge in [0.25, 0.3) is 0 Å². The third-order valence-corrected chi connectivity index (χ3v) is 3.94. The molecule has 0 spiro atoms. The summed E-state index contributed by atoms with van der Waals surface area (Å²) >= 11 is 0. The zero-order valence-corrected chi connectivity index (χ0v) is 8.70. The Morgan fingerprint density at radius 2 is 2.13 bits per heavy atom. The Labute approximate surface area is 88.6 Å². The number of Topliss-reactive ketones (excluding diaryl/α,β-unsaturated/α-hetero) is 1. The Morgan fingerprint density at radius 3 is 2.67 bits per heavy atom. The number of hydrogen-bond donors (Lipinski definition) is 0. The minimum atomic E-state index is -0.180. The predicted octanol–water partition coefficient (Wildman–Crippen LogP) is 0.214. The molecule has 0 bridgehead atoms. The van der Waals surface area contributed by atoms with Gasteiger partial charge < -0.3 is 9.64 Å². The van der Waals surface area contributed by atoms with E-state index >= 15 is 0 Å². The lowest BCUT2D eigenvalue weighted by molar-refractivity contribution is -0.140. The summed E-state index contributed by atoms with van der Waals surface area (Å²) in [6, 6.07) is 0.